The first kappa shape index (κ1) is 34.8. The van der Waals surface area contributed by atoms with E-state index in [9.17, 15) is 0 Å². The fourth-order valence-electron chi connectivity index (χ4n) is 9.51. The van der Waals surface area contributed by atoms with Gasteiger partial charge in [0, 0.05) is 38.9 Å². The predicted molar refractivity (Wildman–Crippen MR) is 249 cm³/mol. The van der Waals surface area contributed by atoms with Crippen molar-refractivity contribution in [3.63, 3.8) is 0 Å². The van der Waals surface area contributed by atoms with Gasteiger partial charge in [-0.05, 0) is 131 Å². The molecular formula is C57H42N2. The molecule has 1 atom stereocenters. The molecule has 0 saturated carbocycles. The van der Waals surface area contributed by atoms with Gasteiger partial charge in [0.2, 0.25) is 0 Å². The van der Waals surface area contributed by atoms with Crippen LogP contribution in [0.3, 0.4) is 0 Å². The summed E-state index contributed by atoms with van der Waals surface area (Å²) in [4.78, 5) is 2.41. The number of fused-ring (bicyclic) bond motifs is 6. The Labute approximate surface area is 345 Å². The highest BCUT2D eigenvalue weighted by atomic mass is 15.1. The third-order valence-corrected chi connectivity index (χ3v) is 12.6. The lowest BCUT2D eigenvalue weighted by atomic mass is 9.74. The number of hydrogen-bond donors (Lipinski definition) is 0. The van der Waals surface area contributed by atoms with E-state index in [1.807, 2.05) is 0 Å². The number of para-hydroxylation sites is 2. The smallest absolute Gasteiger partial charge is 0.0541 e. The van der Waals surface area contributed by atoms with Crippen LogP contribution >= 0.6 is 0 Å². The molecule has 0 N–H and O–H groups in total. The van der Waals surface area contributed by atoms with Crippen molar-refractivity contribution in [2.24, 2.45) is 0 Å². The summed E-state index contributed by atoms with van der Waals surface area (Å²) in [5.74, 6) is 0. The molecule has 0 aliphatic heterocycles. The van der Waals surface area contributed by atoms with Gasteiger partial charge in [-0.2, -0.15) is 0 Å². The highest BCUT2D eigenvalue weighted by molar-refractivity contribution is 6.10. The molecule has 9 aromatic carbocycles. The number of aryl methyl sites for hydroxylation is 1. The lowest BCUT2D eigenvalue weighted by Crippen LogP contribution is -2.23. The van der Waals surface area contributed by atoms with Crippen molar-refractivity contribution in [1.82, 2.24) is 4.57 Å². The first-order valence-corrected chi connectivity index (χ1v) is 20.5. The monoisotopic (exact) mass is 754 g/mol. The van der Waals surface area contributed by atoms with E-state index in [0.29, 0.717) is 0 Å². The minimum absolute atomic E-state index is 0.301. The summed E-state index contributed by atoms with van der Waals surface area (Å²) in [5.41, 5.74) is 19.3. The molecular weight excluding hydrogens is 713 g/mol. The number of anilines is 3. The van der Waals surface area contributed by atoms with Crippen molar-refractivity contribution in [3.05, 3.63) is 241 Å². The average molecular weight is 755 g/mol. The summed E-state index contributed by atoms with van der Waals surface area (Å²) < 4.78 is 2.37. The summed E-state index contributed by atoms with van der Waals surface area (Å²) in [6.45, 7) is 4.56. The topological polar surface area (TPSA) is 8.17 Å². The molecule has 59 heavy (non-hydrogen) atoms. The first-order valence-electron chi connectivity index (χ1n) is 20.5. The quantitative estimate of drug-likeness (QED) is 0.157. The second kappa shape index (κ2) is 13.9. The highest BCUT2D eigenvalue weighted by Gasteiger charge is 2.41. The van der Waals surface area contributed by atoms with Gasteiger partial charge in [-0.3, -0.25) is 0 Å². The second-order valence-electron chi connectivity index (χ2n) is 16.0. The van der Waals surface area contributed by atoms with Crippen LogP contribution < -0.4 is 4.90 Å². The lowest BCUT2D eigenvalue weighted by molar-refractivity contribution is 0.713. The second-order valence-corrected chi connectivity index (χ2v) is 16.0. The maximum atomic E-state index is 2.44. The molecule has 2 nitrogen and oxygen atoms in total. The van der Waals surface area contributed by atoms with Gasteiger partial charge >= 0.3 is 0 Å². The van der Waals surface area contributed by atoms with Crippen LogP contribution in [0.1, 0.15) is 29.2 Å². The van der Waals surface area contributed by atoms with Crippen LogP contribution in [-0.4, -0.2) is 4.57 Å². The average Bonchev–Trinajstić information content (AvgIpc) is 3.77. The van der Waals surface area contributed by atoms with Crippen LogP contribution in [0.25, 0.3) is 60.9 Å². The fourth-order valence-corrected chi connectivity index (χ4v) is 9.51. The summed E-state index contributed by atoms with van der Waals surface area (Å²) >= 11 is 0. The molecule has 0 spiro atoms. The van der Waals surface area contributed by atoms with Crippen molar-refractivity contribution in [2.75, 3.05) is 4.90 Å². The SMILES string of the molecule is Cc1ccc(C2(C)c3ccccc3-c3ccc(N(c4ccc(-c5ccccc5)cc4)c4ccc(-c5ccc6c(c5)c5ccccc5n6-c5ccccc5)cc4)cc32)cc1. The number of nitrogens with zero attached hydrogens (tertiary/aromatic N) is 2. The van der Waals surface area contributed by atoms with Gasteiger partial charge in [0.05, 0.1) is 11.0 Å². The Morgan fingerprint density at radius 1 is 0.390 bits per heavy atom. The van der Waals surface area contributed by atoms with Crippen molar-refractivity contribution in [1.29, 1.82) is 0 Å². The molecule has 1 aromatic heterocycles. The van der Waals surface area contributed by atoms with E-state index in [1.165, 1.54) is 83.1 Å². The molecule has 1 heterocycles. The van der Waals surface area contributed by atoms with Gasteiger partial charge in [-0.25, -0.2) is 0 Å². The Bertz CT molecular complexity index is 3140. The molecule has 0 radical (unpaired) electrons. The maximum absolute atomic E-state index is 2.44. The molecule has 11 rings (SSSR count). The molecule has 2 heteroatoms. The Morgan fingerprint density at radius 3 is 1.66 bits per heavy atom. The van der Waals surface area contributed by atoms with Crippen LogP contribution in [-0.2, 0) is 5.41 Å². The van der Waals surface area contributed by atoms with Gasteiger partial charge in [0.1, 0.15) is 0 Å². The normalized spacial score (nSPS) is 14.3. The Kier molecular flexibility index (Phi) is 8.20. The van der Waals surface area contributed by atoms with E-state index in [4.69, 9.17) is 0 Å². The van der Waals surface area contributed by atoms with Crippen LogP contribution in [0.4, 0.5) is 17.1 Å². The third kappa shape index (κ3) is 5.71. The molecule has 0 fully saturated rings. The van der Waals surface area contributed by atoms with E-state index < -0.39 is 0 Å². The van der Waals surface area contributed by atoms with E-state index in [-0.39, 0.29) is 5.41 Å². The third-order valence-electron chi connectivity index (χ3n) is 12.6. The van der Waals surface area contributed by atoms with E-state index >= 15 is 0 Å². The number of benzene rings is 9. The fraction of sp³-hybridized carbons (Fsp3) is 0.0526. The molecule has 1 aliphatic carbocycles. The summed E-state index contributed by atoms with van der Waals surface area (Å²) in [6.07, 6.45) is 0. The molecule has 0 bridgehead atoms. The molecule has 0 amide bonds. The van der Waals surface area contributed by atoms with Gasteiger partial charge in [0.25, 0.3) is 0 Å². The molecule has 280 valence electrons. The zero-order valence-electron chi connectivity index (χ0n) is 33.2. The van der Waals surface area contributed by atoms with Crippen molar-refractivity contribution >= 4 is 38.9 Å². The van der Waals surface area contributed by atoms with Crippen LogP contribution in [0.2, 0.25) is 0 Å². The summed E-state index contributed by atoms with van der Waals surface area (Å²) in [6, 6.07) is 80.1. The number of hydrogen-bond acceptors (Lipinski definition) is 1. The standard InChI is InChI=1S/C57H42N2/c1-39-21-28-44(29-22-39)57(2)53-19-11-9-17-49(53)50-35-34-48(38-54(50)57)58(46-30-23-41(24-31-46)40-13-5-3-6-14-40)47-32-25-42(26-33-47)43-27-36-56-52(37-43)51-18-10-12-20-55(51)59(56)45-15-7-4-8-16-45/h3-38H,1-2H3. The molecule has 10 aromatic rings. The Hall–Kier alpha value is -7.42. The van der Waals surface area contributed by atoms with E-state index in [2.05, 4.69) is 242 Å². The largest absolute Gasteiger partial charge is 0.310 e. The van der Waals surface area contributed by atoms with Gasteiger partial charge in [-0.1, -0.05) is 157 Å². The van der Waals surface area contributed by atoms with E-state index in [1.54, 1.807) is 0 Å². The van der Waals surface area contributed by atoms with E-state index in [0.717, 1.165) is 17.1 Å². The number of aromatic nitrogens is 1. The minimum Gasteiger partial charge on any atom is -0.310 e. The van der Waals surface area contributed by atoms with Gasteiger partial charge in [-0.15, -0.1) is 0 Å². The van der Waals surface area contributed by atoms with Gasteiger partial charge in [0.15, 0.2) is 0 Å². The number of rotatable bonds is 7. The summed E-state index contributed by atoms with van der Waals surface area (Å²) in [5, 5.41) is 2.51. The van der Waals surface area contributed by atoms with Crippen LogP contribution in [0.5, 0.6) is 0 Å². The molecule has 0 saturated heterocycles. The van der Waals surface area contributed by atoms with Crippen LogP contribution in [0, 0.1) is 6.92 Å². The maximum Gasteiger partial charge on any atom is 0.0541 e. The van der Waals surface area contributed by atoms with Crippen molar-refractivity contribution in [3.8, 4) is 39.1 Å². The molecule has 1 unspecified atom stereocenters. The zero-order valence-corrected chi connectivity index (χ0v) is 33.2. The Balaban J connectivity index is 1.03. The van der Waals surface area contributed by atoms with Gasteiger partial charge < -0.3 is 9.47 Å². The minimum atomic E-state index is -0.301. The lowest BCUT2D eigenvalue weighted by Gasteiger charge is -2.31. The van der Waals surface area contributed by atoms with Crippen LogP contribution in [0.15, 0.2) is 218 Å². The summed E-state index contributed by atoms with van der Waals surface area (Å²) in [7, 11) is 0. The van der Waals surface area contributed by atoms with Crippen molar-refractivity contribution in [2.45, 2.75) is 19.3 Å². The molecule has 1 aliphatic rings. The highest BCUT2D eigenvalue weighted by Crippen LogP contribution is 2.54. The zero-order chi connectivity index (χ0) is 39.5. The predicted octanol–water partition coefficient (Wildman–Crippen LogP) is 15.2. The first-order chi connectivity index (χ1) is 29.0. The Morgan fingerprint density at radius 2 is 0.932 bits per heavy atom. The van der Waals surface area contributed by atoms with Crippen molar-refractivity contribution < 1.29 is 0 Å².